The molecule has 1 heterocycles. The second kappa shape index (κ2) is 3.66. The van der Waals surface area contributed by atoms with Gasteiger partial charge in [0.25, 0.3) is 0 Å². The summed E-state index contributed by atoms with van der Waals surface area (Å²) >= 11 is 0. The van der Waals surface area contributed by atoms with Crippen molar-refractivity contribution in [3.63, 3.8) is 0 Å². The molecule has 82 valence electrons. The zero-order valence-electron chi connectivity index (χ0n) is 8.97. The van der Waals surface area contributed by atoms with E-state index in [1.807, 2.05) is 0 Å². The molecule has 16 heavy (non-hydrogen) atoms. The summed E-state index contributed by atoms with van der Waals surface area (Å²) in [5.41, 5.74) is 0.832. The van der Waals surface area contributed by atoms with Gasteiger partial charge in [-0.3, -0.25) is 0 Å². The molecule has 0 spiro atoms. The van der Waals surface area contributed by atoms with Crippen molar-refractivity contribution in [2.45, 2.75) is 0 Å². The predicted octanol–water partition coefficient (Wildman–Crippen LogP) is 1.54. The molecule has 0 saturated heterocycles. The Morgan fingerprint density at radius 2 is 1.75 bits per heavy atom. The van der Waals surface area contributed by atoms with E-state index in [0.717, 1.165) is 0 Å². The van der Waals surface area contributed by atoms with Crippen LogP contribution in [0.1, 0.15) is 20.7 Å². The van der Waals surface area contributed by atoms with Crippen LogP contribution in [-0.2, 0) is 4.84 Å². The number of hydroxylamine groups is 3. The lowest BCUT2D eigenvalue weighted by Crippen LogP contribution is -2.48. The van der Waals surface area contributed by atoms with E-state index in [9.17, 15) is 9.59 Å². The Balaban J connectivity index is 2.45. The zero-order chi connectivity index (χ0) is 11.8. The van der Waals surface area contributed by atoms with Crippen LogP contribution in [0.15, 0.2) is 36.9 Å². The highest BCUT2D eigenvalue weighted by atomic mass is 16.7. The summed E-state index contributed by atoms with van der Waals surface area (Å²) in [6.07, 6.45) is 1.51. The van der Waals surface area contributed by atoms with Gasteiger partial charge >= 0.3 is 11.8 Å². The van der Waals surface area contributed by atoms with Gasteiger partial charge in [-0.1, -0.05) is 18.2 Å². The number of quaternary nitrogens is 1. The molecule has 1 aromatic carbocycles. The Morgan fingerprint density at radius 1 is 1.25 bits per heavy atom. The van der Waals surface area contributed by atoms with Gasteiger partial charge in [0.05, 0.1) is 11.1 Å². The number of carbonyl (C=O) groups excluding carboxylic acids is 2. The number of imide groups is 1. The molecule has 0 fully saturated rings. The molecule has 2 rings (SSSR count). The van der Waals surface area contributed by atoms with Gasteiger partial charge in [-0.25, -0.2) is 9.59 Å². The molecule has 0 radical (unpaired) electrons. The first-order valence-corrected chi connectivity index (χ1v) is 4.92. The molecule has 0 bridgehead atoms. The van der Waals surface area contributed by atoms with E-state index in [-0.39, 0.29) is 18.4 Å². The number of hydrogen-bond acceptors (Lipinski definition) is 3. The average Bonchev–Trinajstić information content (AvgIpc) is 2.51. The summed E-state index contributed by atoms with van der Waals surface area (Å²) in [6, 6.07) is 6.73. The first-order valence-electron chi connectivity index (χ1n) is 4.92. The molecule has 0 saturated carbocycles. The van der Waals surface area contributed by atoms with E-state index in [0.29, 0.717) is 11.1 Å². The highest BCUT2D eigenvalue weighted by Gasteiger charge is 2.53. The maximum atomic E-state index is 12.0. The van der Waals surface area contributed by atoms with Gasteiger partial charge < -0.3 is 0 Å². The summed E-state index contributed by atoms with van der Waals surface area (Å²) in [6.45, 7) is 3.65. The smallest absolute Gasteiger partial charge is 0.221 e. The van der Waals surface area contributed by atoms with Crippen molar-refractivity contribution < 1.29 is 19.1 Å². The molecular weight excluding hydrogens is 206 g/mol. The van der Waals surface area contributed by atoms with Crippen LogP contribution < -0.4 is 0 Å². The first kappa shape index (κ1) is 10.7. The Kier molecular flexibility index (Phi) is 2.46. The second-order valence-electron chi connectivity index (χ2n) is 3.66. The summed E-state index contributed by atoms with van der Waals surface area (Å²) in [7, 11) is 1.45. The van der Waals surface area contributed by atoms with Gasteiger partial charge in [0.1, 0.15) is 13.7 Å². The summed E-state index contributed by atoms with van der Waals surface area (Å²) in [4.78, 5) is 29.3. The first-order chi connectivity index (χ1) is 7.61. The monoisotopic (exact) mass is 218 g/mol. The minimum atomic E-state index is -0.661. The molecule has 4 nitrogen and oxygen atoms in total. The summed E-state index contributed by atoms with van der Waals surface area (Å²) < 4.78 is -0.661. The zero-order valence-corrected chi connectivity index (χ0v) is 8.97. The van der Waals surface area contributed by atoms with E-state index >= 15 is 0 Å². The fourth-order valence-corrected chi connectivity index (χ4v) is 1.73. The SMILES string of the molecule is C=CCO[N+]1(C)C(=O)c2ccccc2C1=O. The van der Waals surface area contributed by atoms with Crippen molar-refractivity contribution in [3.8, 4) is 0 Å². The van der Waals surface area contributed by atoms with Gasteiger partial charge in [0, 0.05) is 0 Å². The molecule has 0 N–H and O–H groups in total. The summed E-state index contributed by atoms with van der Waals surface area (Å²) in [5.74, 6) is -0.662. The number of fused-ring (bicyclic) bond motifs is 1. The number of hydrogen-bond donors (Lipinski definition) is 0. The van der Waals surface area contributed by atoms with E-state index in [1.165, 1.54) is 13.1 Å². The van der Waals surface area contributed by atoms with Crippen LogP contribution in [0.25, 0.3) is 0 Å². The summed E-state index contributed by atoms with van der Waals surface area (Å²) in [5, 5.41) is 0. The Bertz CT molecular complexity index is 444. The molecule has 0 unspecified atom stereocenters. The predicted molar refractivity (Wildman–Crippen MR) is 57.4 cm³/mol. The molecule has 1 aromatic rings. The third-order valence-electron chi connectivity index (χ3n) is 2.61. The number of amides is 2. The molecule has 2 amide bonds. The number of benzene rings is 1. The van der Waals surface area contributed by atoms with Crippen molar-refractivity contribution in [2.75, 3.05) is 13.7 Å². The molecular formula is C12H12NO3+. The van der Waals surface area contributed by atoms with Crippen LogP contribution in [0, 0.1) is 0 Å². The number of carbonyl (C=O) groups is 2. The van der Waals surface area contributed by atoms with Crippen molar-refractivity contribution in [1.29, 1.82) is 0 Å². The lowest BCUT2D eigenvalue weighted by atomic mass is 10.1. The Morgan fingerprint density at radius 3 is 2.19 bits per heavy atom. The van der Waals surface area contributed by atoms with Gasteiger partial charge in [-0.2, -0.15) is 4.84 Å². The molecule has 0 aliphatic carbocycles. The van der Waals surface area contributed by atoms with Crippen LogP contribution in [-0.4, -0.2) is 30.1 Å². The largest absolute Gasteiger partial charge is 0.386 e. The van der Waals surface area contributed by atoms with Crippen LogP contribution >= 0.6 is 0 Å². The van der Waals surface area contributed by atoms with Crippen molar-refractivity contribution in [1.82, 2.24) is 0 Å². The normalized spacial score (nSPS) is 17.3. The van der Waals surface area contributed by atoms with Gasteiger partial charge in [0.2, 0.25) is 0 Å². The number of nitrogens with zero attached hydrogens (tertiary/aromatic N) is 1. The van der Waals surface area contributed by atoms with Gasteiger partial charge in [0.15, 0.2) is 0 Å². The van der Waals surface area contributed by atoms with Crippen LogP contribution in [0.2, 0.25) is 0 Å². The minimum absolute atomic E-state index is 0.155. The fraction of sp³-hybridized carbons (Fsp3) is 0.167. The highest BCUT2D eigenvalue weighted by Crippen LogP contribution is 2.28. The Hall–Kier alpha value is -1.78. The lowest BCUT2D eigenvalue weighted by Gasteiger charge is -2.19. The van der Waals surface area contributed by atoms with Crippen LogP contribution in [0.4, 0.5) is 0 Å². The maximum Gasteiger partial charge on any atom is 0.386 e. The van der Waals surface area contributed by atoms with Crippen molar-refractivity contribution in [3.05, 3.63) is 48.0 Å². The number of rotatable bonds is 3. The molecule has 0 aromatic heterocycles. The minimum Gasteiger partial charge on any atom is -0.221 e. The van der Waals surface area contributed by atoms with E-state index in [4.69, 9.17) is 4.84 Å². The highest BCUT2D eigenvalue weighted by molar-refractivity contribution is 6.13. The van der Waals surface area contributed by atoms with Gasteiger partial charge in [-0.15, -0.1) is 6.58 Å². The van der Waals surface area contributed by atoms with Crippen molar-refractivity contribution >= 4 is 11.8 Å². The Labute approximate surface area is 93.3 Å². The van der Waals surface area contributed by atoms with Gasteiger partial charge in [-0.05, 0) is 16.8 Å². The van der Waals surface area contributed by atoms with E-state index < -0.39 is 4.65 Å². The third kappa shape index (κ3) is 1.31. The maximum absolute atomic E-state index is 12.0. The van der Waals surface area contributed by atoms with E-state index in [1.54, 1.807) is 24.3 Å². The van der Waals surface area contributed by atoms with Crippen LogP contribution in [0.3, 0.4) is 0 Å². The molecule has 1 aliphatic rings. The quantitative estimate of drug-likeness (QED) is 0.439. The fourth-order valence-electron chi connectivity index (χ4n) is 1.73. The van der Waals surface area contributed by atoms with Crippen molar-refractivity contribution in [2.24, 2.45) is 0 Å². The molecule has 4 heteroatoms. The lowest BCUT2D eigenvalue weighted by molar-refractivity contribution is -0.954. The molecule has 0 atom stereocenters. The van der Waals surface area contributed by atoms with E-state index in [2.05, 4.69) is 6.58 Å². The topological polar surface area (TPSA) is 43.4 Å². The third-order valence-corrected chi connectivity index (χ3v) is 2.61. The standard InChI is InChI=1S/C12H12NO3/c1-3-8-16-13(2)11(14)9-6-4-5-7-10(9)12(13)15/h3-7H,1,8H2,2H3/q+1. The second-order valence-corrected chi connectivity index (χ2v) is 3.66. The molecule has 1 aliphatic heterocycles. The van der Waals surface area contributed by atoms with Crippen LogP contribution in [0.5, 0.6) is 0 Å². The average molecular weight is 218 g/mol.